The molecule has 0 radical (unpaired) electrons. The Kier molecular flexibility index (Phi) is 7.11. The Hall–Kier alpha value is -1.14. The van der Waals surface area contributed by atoms with E-state index in [1.807, 2.05) is 18.7 Å². The molecule has 1 aliphatic rings. The minimum atomic E-state index is -0.555. The lowest BCUT2D eigenvalue weighted by Crippen LogP contribution is -2.53. The molecule has 21 heavy (non-hydrogen) atoms. The van der Waals surface area contributed by atoms with Gasteiger partial charge in [0.2, 0.25) is 11.8 Å². The Morgan fingerprint density at radius 3 is 2.14 bits per heavy atom. The number of nitrogens with zero attached hydrogens (tertiary/aromatic N) is 2. The van der Waals surface area contributed by atoms with Crippen molar-refractivity contribution in [1.82, 2.24) is 15.1 Å². The van der Waals surface area contributed by atoms with Gasteiger partial charge < -0.3 is 16.0 Å². The Bertz CT molecular complexity index is 350. The SMILES string of the molecule is CC(C)CN1CCN(C(=O)CNC(=O)[C@@H](N)C(C)C)CC1. The van der Waals surface area contributed by atoms with E-state index in [4.69, 9.17) is 5.73 Å². The van der Waals surface area contributed by atoms with Crippen molar-refractivity contribution in [2.24, 2.45) is 17.6 Å². The topological polar surface area (TPSA) is 78.7 Å². The summed E-state index contributed by atoms with van der Waals surface area (Å²) < 4.78 is 0. The molecule has 0 aromatic rings. The lowest BCUT2D eigenvalue weighted by molar-refractivity contribution is -0.134. The molecule has 0 aromatic heterocycles. The van der Waals surface area contributed by atoms with Gasteiger partial charge in [0.15, 0.2) is 0 Å². The molecule has 1 atom stereocenters. The third-order valence-electron chi connectivity index (χ3n) is 3.78. The van der Waals surface area contributed by atoms with Crippen molar-refractivity contribution in [2.45, 2.75) is 33.7 Å². The zero-order chi connectivity index (χ0) is 16.0. The largest absolute Gasteiger partial charge is 0.346 e. The normalized spacial score (nSPS) is 18.1. The van der Waals surface area contributed by atoms with Gasteiger partial charge >= 0.3 is 0 Å². The number of nitrogens with one attached hydrogen (secondary N) is 1. The van der Waals surface area contributed by atoms with Crippen LogP contribution in [0.2, 0.25) is 0 Å². The molecule has 0 bridgehead atoms. The first-order valence-electron chi connectivity index (χ1n) is 7.84. The highest BCUT2D eigenvalue weighted by atomic mass is 16.2. The first kappa shape index (κ1) is 17.9. The monoisotopic (exact) mass is 298 g/mol. The maximum atomic E-state index is 12.1. The average molecular weight is 298 g/mol. The van der Waals surface area contributed by atoms with E-state index < -0.39 is 6.04 Å². The summed E-state index contributed by atoms with van der Waals surface area (Å²) in [6.07, 6.45) is 0. The first-order chi connectivity index (χ1) is 9.81. The molecule has 1 saturated heterocycles. The zero-order valence-electron chi connectivity index (χ0n) is 13.8. The summed E-state index contributed by atoms with van der Waals surface area (Å²) in [5, 5.41) is 2.64. The van der Waals surface area contributed by atoms with E-state index in [2.05, 4.69) is 24.1 Å². The summed E-state index contributed by atoms with van der Waals surface area (Å²) in [7, 11) is 0. The van der Waals surface area contributed by atoms with Crippen molar-refractivity contribution >= 4 is 11.8 Å². The number of amides is 2. The Balaban J connectivity index is 2.30. The molecule has 0 unspecified atom stereocenters. The second-order valence-corrected chi connectivity index (χ2v) is 6.56. The summed E-state index contributed by atoms with van der Waals surface area (Å²) in [5.74, 6) is 0.434. The number of piperazine rings is 1. The number of hydrogen-bond donors (Lipinski definition) is 2. The van der Waals surface area contributed by atoms with Crippen molar-refractivity contribution in [1.29, 1.82) is 0 Å². The van der Waals surface area contributed by atoms with E-state index in [0.29, 0.717) is 5.92 Å². The molecule has 1 heterocycles. The molecule has 3 N–H and O–H groups in total. The second-order valence-electron chi connectivity index (χ2n) is 6.56. The fourth-order valence-corrected chi connectivity index (χ4v) is 2.39. The van der Waals surface area contributed by atoms with E-state index >= 15 is 0 Å². The van der Waals surface area contributed by atoms with Crippen molar-refractivity contribution in [3.05, 3.63) is 0 Å². The van der Waals surface area contributed by atoms with Crippen LogP contribution in [0.4, 0.5) is 0 Å². The Morgan fingerprint density at radius 1 is 1.10 bits per heavy atom. The molecule has 0 spiro atoms. The minimum absolute atomic E-state index is 0.0245. The van der Waals surface area contributed by atoms with Crippen LogP contribution < -0.4 is 11.1 Å². The molecule has 6 heteroatoms. The summed E-state index contributed by atoms with van der Waals surface area (Å²) in [6.45, 7) is 12.6. The lowest BCUT2D eigenvalue weighted by Gasteiger charge is -2.35. The molecule has 6 nitrogen and oxygen atoms in total. The third kappa shape index (κ3) is 6.01. The summed E-state index contributed by atoms with van der Waals surface area (Å²) >= 11 is 0. The minimum Gasteiger partial charge on any atom is -0.346 e. The molecular formula is C15H30N4O2. The molecular weight excluding hydrogens is 268 g/mol. The zero-order valence-corrected chi connectivity index (χ0v) is 13.8. The molecule has 1 aliphatic heterocycles. The van der Waals surface area contributed by atoms with Crippen LogP contribution in [0.3, 0.4) is 0 Å². The van der Waals surface area contributed by atoms with E-state index in [0.717, 1.165) is 32.7 Å². The Morgan fingerprint density at radius 2 is 1.67 bits per heavy atom. The van der Waals surface area contributed by atoms with Crippen molar-refractivity contribution in [3.63, 3.8) is 0 Å². The first-order valence-corrected chi connectivity index (χ1v) is 7.84. The van der Waals surface area contributed by atoms with Gasteiger partial charge in [-0.05, 0) is 11.8 Å². The van der Waals surface area contributed by atoms with Gasteiger partial charge in [-0.3, -0.25) is 14.5 Å². The number of nitrogens with two attached hydrogens (primary N) is 1. The van der Waals surface area contributed by atoms with Gasteiger partial charge in [-0.2, -0.15) is 0 Å². The van der Waals surface area contributed by atoms with E-state index in [9.17, 15) is 9.59 Å². The Labute approximate surface area is 128 Å². The van der Waals surface area contributed by atoms with Crippen LogP contribution >= 0.6 is 0 Å². The van der Waals surface area contributed by atoms with Gasteiger partial charge in [-0.15, -0.1) is 0 Å². The predicted molar refractivity (Wildman–Crippen MR) is 83.7 cm³/mol. The van der Waals surface area contributed by atoms with Crippen LogP contribution in [0, 0.1) is 11.8 Å². The highest BCUT2D eigenvalue weighted by Gasteiger charge is 2.23. The van der Waals surface area contributed by atoms with Gasteiger partial charge in [0.1, 0.15) is 0 Å². The summed E-state index contributed by atoms with van der Waals surface area (Å²) in [5.41, 5.74) is 5.75. The van der Waals surface area contributed by atoms with Gasteiger partial charge in [-0.25, -0.2) is 0 Å². The van der Waals surface area contributed by atoms with Crippen molar-refractivity contribution < 1.29 is 9.59 Å². The lowest BCUT2D eigenvalue weighted by atomic mass is 10.1. The average Bonchev–Trinajstić information content (AvgIpc) is 2.43. The van der Waals surface area contributed by atoms with E-state index in [1.165, 1.54) is 0 Å². The fourth-order valence-electron chi connectivity index (χ4n) is 2.39. The van der Waals surface area contributed by atoms with Crippen molar-refractivity contribution in [2.75, 3.05) is 39.3 Å². The van der Waals surface area contributed by atoms with Crippen LogP contribution in [0.5, 0.6) is 0 Å². The van der Waals surface area contributed by atoms with Gasteiger partial charge in [0, 0.05) is 32.7 Å². The maximum Gasteiger partial charge on any atom is 0.242 e. The smallest absolute Gasteiger partial charge is 0.242 e. The van der Waals surface area contributed by atoms with Gasteiger partial charge in [0.25, 0.3) is 0 Å². The molecule has 122 valence electrons. The predicted octanol–water partition coefficient (Wildman–Crippen LogP) is -0.114. The second kappa shape index (κ2) is 8.34. The van der Waals surface area contributed by atoms with E-state index in [1.54, 1.807) is 0 Å². The van der Waals surface area contributed by atoms with Gasteiger partial charge in [0.05, 0.1) is 12.6 Å². The van der Waals surface area contributed by atoms with Gasteiger partial charge in [-0.1, -0.05) is 27.7 Å². The molecule has 0 saturated carbocycles. The van der Waals surface area contributed by atoms with Crippen molar-refractivity contribution in [3.8, 4) is 0 Å². The number of hydrogen-bond acceptors (Lipinski definition) is 4. The molecule has 1 rings (SSSR count). The summed E-state index contributed by atoms with van der Waals surface area (Å²) in [4.78, 5) is 28.0. The van der Waals surface area contributed by atoms with Crippen LogP contribution in [-0.2, 0) is 9.59 Å². The van der Waals surface area contributed by atoms with Crippen LogP contribution in [-0.4, -0.2) is 66.9 Å². The molecule has 1 fully saturated rings. The van der Waals surface area contributed by atoms with E-state index in [-0.39, 0.29) is 24.3 Å². The fraction of sp³-hybridized carbons (Fsp3) is 0.867. The number of carbonyl (C=O) groups excluding carboxylic acids is 2. The van der Waals surface area contributed by atoms with Crippen LogP contribution in [0.15, 0.2) is 0 Å². The quantitative estimate of drug-likeness (QED) is 0.717. The van der Waals surface area contributed by atoms with Crippen LogP contribution in [0.25, 0.3) is 0 Å². The van der Waals surface area contributed by atoms with Crippen LogP contribution in [0.1, 0.15) is 27.7 Å². The number of carbonyl (C=O) groups is 2. The standard InChI is InChI=1S/C15H30N4O2/c1-11(2)10-18-5-7-19(8-6-18)13(20)9-17-15(21)14(16)12(3)4/h11-12,14H,5-10,16H2,1-4H3,(H,17,21)/t14-/m0/s1. The molecule has 0 aromatic carbocycles. The molecule has 0 aliphatic carbocycles. The highest BCUT2D eigenvalue weighted by molar-refractivity contribution is 5.87. The molecule has 2 amide bonds. The third-order valence-corrected chi connectivity index (χ3v) is 3.78. The maximum absolute atomic E-state index is 12.1. The summed E-state index contributed by atoms with van der Waals surface area (Å²) in [6, 6.07) is -0.555. The number of rotatable bonds is 6. The highest BCUT2D eigenvalue weighted by Crippen LogP contribution is 2.05.